The van der Waals surface area contributed by atoms with Crippen molar-refractivity contribution in [1.29, 1.82) is 0 Å². The fourth-order valence-corrected chi connectivity index (χ4v) is 5.17. The highest BCUT2D eigenvalue weighted by molar-refractivity contribution is 7.17. The Kier molecular flexibility index (Phi) is 4.79. The molecule has 168 valence electrons. The van der Waals surface area contributed by atoms with Crippen LogP contribution in [-0.2, 0) is 13.0 Å². The molecule has 2 aromatic carbocycles. The van der Waals surface area contributed by atoms with Crippen LogP contribution in [-0.4, -0.2) is 52.4 Å². The predicted molar refractivity (Wildman–Crippen MR) is 123 cm³/mol. The number of hydrogen-bond acceptors (Lipinski definition) is 7. The molecule has 0 bridgehead atoms. The molecule has 0 atom stereocenters. The summed E-state index contributed by atoms with van der Waals surface area (Å²) in [4.78, 5) is 21.3. The minimum Gasteiger partial charge on any atom is -0.497 e. The molecule has 0 fully saturated rings. The summed E-state index contributed by atoms with van der Waals surface area (Å²) < 4.78 is 18.3. The number of carbonyl (C=O) groups is 1. The van der Waals surface area contributed by atoms with E-state index in [4.69, 9.17) is 24.3 Å². The Morgan fingerprint density at radius 2 is 1.94 bits per heavy atom. The number of methoxy groups -OCH3 is 1. The largest absolute Gasteiger partial charge is 0.497 e. The summed E-state index contributed by atoms with van der Waals surface area (Å²) in [5, 5.41) is 7.69. The Morgan fingerprint density at radius 1 is 1.12 bits per heavy atom. The third kappa shape index (κ3) is 3.62. The lowest BCUT2D eigenvalue weighted by Gasteiger charge is -2.27. The van der Waals surface area contributed by atoms with Gasteiger partial charge in [-0.05, 0) is 36.4 Å². The van der Waals surface area contributed by atoms with Gasteiger partial charge in [0.1, 0.15) is 19.0 Å². The Bertz CT molecular complexity index is 1350. The second-order valence-corrected chi connectivity index (χ2v) is 8.85. The number of nitrogens with zero attached hydrogens (tertiary/aromatic N) is 4. The lowest BCUT2D eigenvalue weighted by atomic mass is 10.2. The quantitative estimate of drug-likeness (QED) is 0.497. The summed E-state index contributed by atoms with van der Waals surface area (Å²) in [5.41, 5.74) is 2.74. The van der Waals surface area contributed by atoms with Gasteiger partial charge in [0, 0.05) is 35.2 Å². The van der Waals surface area contributed by atoms with Gasteiger partial charge in [-0.25, -0.2) is 9.31 Å². The zero-order valence-corrected chi connectivity index (χ0v) is 18.7. The van der Waals surface area contributed by atoms with E-state index >= 15 is 0 Å². The standard InChI is InChI=1S/C23H21N5O4S/c1-30-16-5-2-14(3-6-16)21-25-23-28(26-21)17-8-9-27(13-20(17)33-23)22(29)24-15-4-7-18-19(12-15)32-11-10-31-18/h2-7,12H,8-11,13H2,1H3,(H,24,29). The van der Waals surface area contributed by atoms with Crippen LogP contribution in [0, 0.1) is 0 Å². The van der Waals surface area contributed by atoms with Crippen LogP contribution < -0.4 is 19.5 Å². The molecule has 6 rings (SSSR count). The third-order valence-corrected chi connectivity index (χ3v) is 6.81. The molecule has 0 radical (unpaired) electrons. The van der Waals surface area contributed by atoms with Crippen LogP contribution in [0.15, 0.2) is 42.5 Å². The Labute approximate surface area is 193 Å². The first-order valence-corrected chi connectivity index (χ1v) is 11.5. The number of amides is 2. The van der Waals surface area contributed by atoms with Gasteiger partial charge in [-0.1, -0.05) is 11.3 Å². The molecule has 1 N–H and O–H groups in total. The summed E-state index contributed by atoms with van der Waals surface area (Å²) in [6, 6.07) is 13.0. The molecule has 10 heteroatoms. The fourth-order valence-electron chi connectivity index (χ4n) is 4.05. The summed E-state index contributed by atoms with van der Waals surface area (Å²) in [6.07, 6.45) is 0.718. The molecule has 2 aliphatic heterocycles. The molecule has 4 aromatic rings. The van der Waals surface area contributed by atoms with Crippen LogP contribution in [0.4, 0.5) is 10.5 Å². The number of carbonyl (C=O) groups excluding carboxylic acids is 1. The molecule has 0 aliphatic carbocycles. The van der Waals surface area contributed by atoms with E-state index in [1.807, 2.05) is 40.9 Å². The van der Waals surface area contributed by atoms with Gasteiger partial charge in [0.15, 0.2) is 17.3 Å². The molecule has 0 saturated carbocycles. The summed E-state index contributed by atoms with van der Waals surface area (Å²) in [5.74, 6) is 2.83. The van der Waals surface area contributed by atoms with Crippen molar-refractivity contribution in [1.82, 2.24) is 19.5 Å². The van der Waals surface area contributed by atoms with Crippen molar-refractivity contribution in [2.45, 2.75) is 13.0 Å². The van der Waals surface area contributed by atoms with Gasteiger partial charge in [-0.3, -0.25) is 0 Å². The van der Waals surface area contributed by atoms with Gasteiger partial charge in [-0.2, -0.15) is 4.98 Å². The van der Waals surface area contributed by atoms with E-state index in [1.165, 1.54) is 0 Å². The maximum atomic E-state index is 12.9. The van der Waals surface area contributed by atoms with Crippen LogP contribution >= 0.6 is 11.3 Å². The first-order chi connectivity index (χ1) is 16.2. The van der Waals surface area contributed by atoms with Crippen LogP contribution in [0.1, 0.15) is 10.6 Å². The molecular formula is C23H21N5O4S. The number of nitrogens with one attached hydrogen (secondary N) is 1. The van der Waals surface area contributed by atoms with E-state index in [1.54, 1.807) is 29.4 Å². The van der Waals surface area contributed by atoms with Gasteiger partial charge < -0.3 is 24.4 Å². The molecular weight excluding hydrogens is 442 g/mol. The lowest BCUT2D eigenvalue weighted by molar-refractivity contribution is 0.171. The van der Waals surface area contributed by atoms with E-state index < -0.39 is 0 Å². The van der Waals surface area contributed by atoms with Crippen molar-refractivity contribution in [3.05, 3.63) is 53.0 Å². The van der Waals surface area contributed by atoms with Gasteiger partial charge in [0.05, 0.1) is 19.3 Å². The van der Waals surface area contributed by atoms with Crippen LogP contribution in [0.3, 0.4) is 0 Å². The molecule has 33 heavy (non-hydrogen) atoms. The zero-order chi connectivity index (χ0) is 22.4. The molecule has 0 unspecified atom stereocenters. The number of benzene rings is 2. The van der Waals surface area contributed by atoms with E-state index in [-0.39, 0.29) is 6.03 Å². The van der Waals surface area contributed by atoms with E-state index in [0.717, 1.165) is 33.3 Å². The summed E-state index contributed by atoms with van der Waals surface area (Å²) in [6.45, 7) is 2.18. The number of hydrogen-bond donors (Lipinski definition) is 1. The van der Waals surface area contributed by atoms with Crippen molar-refractivity contribution < 1.29 is 19.0 Å². The average Bonchev–Trinajstić information content (AvgIpc) is 3.41. The first kappa shape index (κ1) is 19.9. The normalized spacial score (nSPS) is 14.8. The second-order valence-electron chi connectivity index (χ2n) is 7.79. The van der Waals surface area contributed by atoms with E-state index in [9.17, 15) is 4.79 Å². The highest BCUT2D eigenvalue weighted by atomic mass is 32.1. The minimum atomic E-state index is -0.143. The number of rotatable bonds is 3. The van der Waals surface area contributed by atoms with Crippen LogP contribution in [0.25, 0.3) is 16.3 Å². The maximum absolute atomic E-state index is 12.9. The summed E-state index contributed by atoms with van der Waals surface area (Å²) in [7, 11) is 1.64. The highest BCUT2D eigenvalue weighted by Gasteiger charge is 2.26. The average molecular weight is 464 g/mol. The molecule has 0 saturated heterocycles. The number of urea groups is 1. The molecule has 2 amide bonds. The summed E-state index contributed by atoms with van der Waals surface area (Å²) >= 11 is 1.58. The SMILES string of the molecule is COc1ccc(-c2nc3sc4c(n3n2)CCN(C(=O)Nc2ccc3c(c2)OCCO3)C4)cc1. The molecule has 0 spiro atoms. The first-order valence-electron chi connectivity index (χ1n) is 10.7. The minimum absolute atomic E-state index is 0.143. The number of thiazole rings is 1. The Hall–Kier alpha value is -3.79. The molecule has 4 heterocycles. The van der Waals surface area contributed by atoms with Crippen molar-refractivity contribution in [3.8, 4) is 28.6 Å². The van der Waals surface area contributed by atoms with Crippen molar-refractivity contribution in [2.24, 2.45) is 0 Å². The van der Waals surface area contributed by atoms with Gasteiger partial charge >= 0.3 is 6.03 Å². The van der Waals surface area contributed by atoms with Crippen molar-refractivity contribution in [2.75, 3.05) is 32.2 Å². The van der Waals surface area contributed by atoms with Gasteiger partial charge in [0.2, 0.25) is 4.96 Å². The van der Waals surface area contributed by atoms with Crippen molar-refractivity contribution in [3.63, 3.8) is 0 Å². The lowest BCUT2D eigenvalue weighted by Crippen LogP contribution is -2.38. The predicted octanol–water partition coefficient (Wildman–Crippen LogP) is 3.83. The number of fused-ring (bicyclic) bond motifs is 4. The number of anilines is 1. The smallest absolute Gasteiger partial charge is 0.322 e. The topological polar surface area (TPSA) is 90.2 Å². The van der Waals surface area contributed by atoms with Crippen LogP contribution in [0.2, 0.25) is 0 Å². The number of ether oxygens (including phenoxy) is 3. The molecule has 9 nitrogen and oxygen atoms in total. The zero-order valence-electron chi connectivity index (χ0n) is 17.9. The highest BCUT2D eigenvalue weighted by Crippen LogP contribution is 2.33. The Morgan fingerprint density at radius 3 is 2.76 bits per heavy atom. The molecule has 2 aliphatic rings. The van der Waals surface area contributed by atoms with Gasteiger partial charge in [0.25, 0.3) is 0 Å². The molecule has 2 aromatic heterocycles. The van der Waals surface area contributed by atoms with Gasteiger partial charge in [-0.15, -0.1) is 5.10 Å². The van der Waals surface area contributed by atoms with E-state index in [2.05, 4.69) is 5.32 Å². The fraction of sp³-hybridized carbons (Fsp3) is 0.261. The third-order valence-electron chi connectivity index (χ3n) is 5.75. The monoisotopic (exact) mass is 463 g/mol. The van der Waals surface area contributed by atoms with Crippen molar-refractivity contribution >= 4 is 28.0 Å². The van der Waals surface area contributed by atoms with E-state index in [0.29, 0.717) is 49.3 Å². The Balaban J connectivity index is 1.18. The number of aromatic nitrogens is 3. The second kappa shape index (κ2) is 7.96. The maximum Gasteiger partial charge on any atom is 0.322 e. The van der Waals surface area contributed by atoms with Crippen LogP contribution in [0.5, 0.6) is 17.2 Å².